The average molecular weight is 620 g/mol. The number of aromatic nitrogens is 1. The molecule has 0 spiro atoms. The molecule has 1 aliphatic heterocycles. The van der Waals surface area contributed by atoms with Gasteiger partial charge < -0.3 is 20.6 Å². The van der Waals surface area contributed by atoms with E-state index in [1.807, 2.05) is 4.72 Å². The molecule has 41 heavy (non-hydrogen) atoms. The number of carbonyl (C=O) groups excluding carboxylic acids is 1. The molecule has 0 unspecified atom stereocenters. The van der Waals surface area contributed by atoms with E-state index in [2.05, 4.69) is 15.5 Å². The van der Waals surface area contributed by atoms with E-state index in [-0.39, 0.29) is 19.9 Å². The fourth-order valence-electron chi connectivity index (χ4n) is 4.73. The van der Waals surface area contributed by atoms with Gasteiger partial charge in [0.15, 0.2) is 0 Å². The first-order chi connectivity index (χ1) is 19.6. The molecule has 5 rings (SSSR count). The van der Waals surface area contributed by atoms with Crippen LogP contribution in [-0.4, -0.2) is 55.2 Å². The summed E-state index contributed by atoms with van der Waals surface area (Å²) < 4.78 is 42.4. The number of hydrogen-bond acceptors (Lipinski definition) is 8. The number of amides is 2. The van der Waals surface area contributed by atoms with Crippen molar-refractivity contribution in [1.29, 1.82) is 0 Å². The lowest BCUT2D eigenvalue weighted by atomic mass is 10.1. The van der Waals surface area contributed by atoms with Gasteiger partial charge in [-0.1, -0.05) is 11.6 Å². The molecule has 2 aromatic carbocycles. The van der Waals surface area contributed by atoms with Crippen molar-refractivity contribution in [2.45, 2.75) is 23.5 Å². The minimum atomic E-state index is -4.17. The van der Waals surface area contributed by atoms with Gasteiger partial charge in [0, 0.05) is 29.4 Å². The predicted octanol–water partition coefficient (Wildman–Crippen LogP) is 4.96. The summed E-state index contributed by atoms with van der Waals surface area (Å²) in [5.74, 6) is -1.37. The number of thiophene rings is 1. The first-order valence-electron chi connectivity index (χ1n) is 12.8. The summed E-state index contributed by atoms with van der Waals surface area (Å²) in [5, 5.41) is 17.3. The SMILES string of the molecule is O=C(Nc1ccc(-n2c(O)c3ccc(NCCCN4CCCC4)cc3cc2=O)c(F)c1)NS(=O)(=O)c1ccc(Cl)s1. The molecule has 2 aromatic heterocycles. The van der Waals surface area contributed by atoms with Crippen LogP contribution in [0.2, 0.25) is 4.34 Å². The summed E-state index contributed by atoms with van der Waals surface area (Å²) in [6.07, 6.45) is 3.48. The summed E-state index contributed by atoms with van der Waals surface area (Å²) in [4.78, 5) is 27.6. The standard InChI is InChI=1S/C27H27ClFN5O5S2/c28-23-8-9-25(40-23)41(38,39)32-27(37)31-19-5-7-22(21(29)16-19)34-24(35)15-17-14-18(4-6-20(17)26(34)36)30-10-3-13-33-11-1-2-12-33/h4-9,14-16,30,36H,1-3,10-13H2,(H2,31,32,37). The van der Waals surface area contributed by atoms with Crippen LogP contribution in [0.15, 0.2) is 63.6 Å². The molecular weight excluding hydrogens is 593 g/mol. The number of anilines is 2. The molecule has 0 radical (unpaired) electrons. The van der Waals surface area contributed by atoms with Gasteiger partial charge in [-0.2, -0.15) is 0 Å². The summed E-state index contributed by atoms with van der Waals surface area (Å²) in [7, 11) is -4.17. The minimum absolute atomic E-state index is 0.0723. The maximum Gasteiger partial charge on any atom is 0.333 e. The predicted molar refractivity (Wildman–Crippen MR) is 159 cm³/mol. The normalized spacial score (nSPS) is 13.9. The molecule has 0 bridgehead atoms. The zero-order valence-electron chi connectivity index (χ0n) is 21.7. The number of nitrogens with one attached hydrogen (secondary N) is 3. The number of aromatic hydroxyl groups is 1. The number of nitrogens with zero attached hydrogens (tertiary/aromatic N) is 2. The van der Waals surface area contributed by atoms with Crippen molar-refractivity contribution in [3.8, 4) is 11.6 Å². The fourth-order valence-corrected chi connectivity index (χ4v) is 7.12. The Morgan fingerprint density at radius 2 is 1.80 bits per heavy atom. The van der Waals surface area contributed by atoms with Crippen LogP contribution in [-0.2, 0) is 10.0 Å². The zero-order valence-corrected chi connectivity index (χ0v) is 24.1. The lowest BCUT2D eigenvalue weighted by Crippen LogP contribution is -2.34. The summed E-state index contributed by atoms with van der Waals surface area (Å²) in [6.45, 7) is 4.09. The Hall–Kier alpha value is -3.65. The van der Waals surface area contributed by atoms with Crippen molar-refractivity contribution < 1.29 is 22.7 Å². The van der Waals surface area contributed by atoms with Gasteiger partial charge in [0.05, 0.1) is 10.0 Å². The maximum atomic E-state index is 15.1. The summed E-state index contributed by atoms with van der Waals surface area (Å²) in [6, 6.07) is 11.4. The molecule has 14 heteroatoms. The number of halogens is 2. The van der Waals surface area contributed by atoms with E-state index in [9.17, 15) is 23.1 Å². The van der Waals surface area contributed by atoms with E-state index < -0.39 is 33.3 Å². The van der Waals surface area contributed by atoms with Crippen molar-refractivity contribution in [2.24, 2.45) is 0 Å². The first kappa shape index (κ1) is 28.9. The van der Waals surface area contributed by atoms with E-state index >= 15 is 4.39 Å². The topological polar surface area (TPSA) is 133 Å². The van der Waals surface area contributed by atoms with Gasteiger partial charge in [-0.3, -0.25) is 4.79 Å². The van der Waals surface area contributed by atoms with Gasteiger partial charge in [-0.25, -0.2) is 26.9 Å². The highest BCUT2D eigenvalue weighted by atomic mass is 35.5. The molecule has 0 atom stereocenters. The third-order valence-corrected chi connectivity index (χ3v) is 9.72. The molecule has 1 aliphatic rings. The highest BCUT2D eigenvalue weighted by Gasteiger charge is 2.21. The Kier molecular flexibility index (Phi) is 8.50. The molecule has 4 N–H and O–H groups in total. The number of rotatable bonds is 9. The van der Waals surface area contributed by atoms with Crippen molar-refractivity contribution in [2.75, 3.05) is 36.8 Å². The van der Waals surface area contributed by atoms with E-state index in [0.717, 1.165) is 60.3 Å². The second kappa shape index (κ2) is 12.1. The fraction of sp³-hybridized carbons (Fsp3) is 0.259. The average Bonchev–Trinajstić information content (AvgIpc) is 3.59. The van der Waals surface area contributed by atoms with Gasteiger partial charge in [-0.05, 0) is 92.8 Å². The second-order valence-electron chi connectivity index (χ2n) is 9.56. The van der Waals surface area contributed by atoms with Crippen LogP contribution < -0.4 is 20.9 Å². The molecule has 216 valence electrons. The van der Waals surface area contributed by atoms with Crippen molar-refractivity contribution >= 4 is 61.1 Å². The first-order valence-corrected chi connectivity index (χ1v) is 15.5. The number of fused-ring (bicyclic) bond motifs is 1. The number of benzene rings is 2. The van der Waals surface area contributed by atoms with Crippen molar-refractivity contribution in [3.05, 3.63) is 75.1 Å². The van der Waals surface area contributed by atoms with Gasteiger partial charge in [0.1, 0.15) is 10.0 Å². The van der Waals surface area contributed by atoms with Gasteiger partial charge in [0.25, 0.3) is 15.6 Å². The molecule has 0 saturated carbocycles. The van der Waals surface area contributed by atoms with Crippen molar-refractivity contribution in [3.63, 3.8) is 0 Å². The smallest absolute Gasteiger partial charge is 0.333 e. The van der Waals surface area contributed by atoms with Crippen LogP contribution in [0.3, 0.4) is 0 Å². The van der Waals surface area contributed by atoms with Crippen LogP contribution in [0.5, 0.6) is 5.88 Å². The molecule has 10 nitrogen and oxygen atoms in total. The number of sulfonamides is 1. The number of hydrogen-bond donors (Lipinski definition) is 4. The van der Waals surface area contributed by atoms with Crippen LogP contribution >= 0.6 is 22.9 Å². The zero-order chi connectivity index (χ0) is 29.1. The highest BCUT2D eigenvalue weighted by molar-refractivity contribution is 7.92. The molecule has 1 saturated heterocycles. The number of urea groups is 1. The summed E-state index contributed by atoms with van der Waals surface area (Å²) >= 11 is 6.53. The quantitative estimate of drug-likeness (QED) is 0.195. The van der Waals surface area contributed by atoms with E-state index in [4.69, 9.17) is 11.6 Å². The Bertz CT molecular complexity index is 1770. The molecule has 3 heterocycles. The van der Waals surface area contributed by atoms with E-state index in [0.29, 0.717) is 10.8 Å². The molecule has 1 fully saturated rings. The monoisotopic (exact) mass is 619 g/mol. The molecular formula is C27H27ClFN5O5S2. The number of pyridine rings is 1. The van der Waals surface area contributed by atoms with E-state index in [1.165, 1.54) is 43.2 Å². The van der Waals surface area contributed by atoms with Crippen LogP contribution in [0.1, 0.15) is 19.3 Å². The lowest BCUT2D eigenvalue weighted by molar-refractivity contribution is 0.256. The summed E-state index contributed by atoms with van der Waals surface area (Å²) in [5.41, 5.74) is -0.166. The van der Waals surface area contributed by atoms with Gasteiger partial charge in [-0.15, -0.1) is 11.3 Å². The second-order valence-corrected chi connectivity index (χ2v) is 13.2. The lowest BCUT2D eigenvalue weighted by Gasteiger charge is -2.15. The Balaban J connectivity index is 1.29. The number of likely N-dealkylation sites (tertiary alicyclic amines) is 1. The molecule has 0 aliphatic carbocycles. The molecule has 2 amide bonds. The van der Waals surface area contributed by atoms with Crippen LogP contribution in [0.25, 0.3) is 16.5 Å². The van der Waals surface area contributed by atoms with Gasteiger partial charge >= 0.3 is 6.03 Å². The maximum absolute atomic E-state index is 15.1. The van der Waals surface area contributed by atoms with Crippen LogP contribution in [0, 0.1) is 5.82 Å². The minimum Gasteiger partial charge on any atom is -0.494 e. The van der Waals surface area contributed by atoms with Crippen molar-refractivity contribution in [1.82, 2.24) is 14.2 Å². The molecule has 4 aromatic rings. The van der Waals surface area contributed by atoms with Gasteiger partial charge in [0.2, 0.25) is 5.88 Å². The Labute approximate surface area is 244 Å². The van der Waals surface area contributed by atoms with Crippen LogP contribution in [0.4, 0.5) is 20.6 Å². The Morgan fingerprint density at radius 3 is 2.51 bits per heavy atom. The number of carbonyl (C=O) groups is 1. The highest BCUT2D eigenvalue weighted by Crippen LogP contribution is 2.29. The largest absolute Gasteiger partial charge is 0.494 e. The Morgan fingerprint density at radius 1 is 1.05 bits per heavy atom. The third-order valence-electron chi connectivity index (χ3n) is 6.67. The van der Waals surface area contributed by atoms with E-state index in [1.54, 1.807) is 18.2 Å². The third kappa shape index (κ3) is 6.64.